The summed E-state index contributed by atoms with van der Waals surface area (Å²) >= 11 is 3.65. The third kappa shape index (κ3) is 12.1. The summed E-state index contributed by atoms with van der Waals surface area (Å²) in [5, 5.41) is 20.2. The van der Waals surface area contributed by atoms with Gasteiger partial charge >= 0.3 is 31.2 Å². The predicted octanol–water partition coefficient (Wildman–Crippen LogP) is 11.0. The molecule has 8 rings (SSSR count). The maximum Gasteiger partial charge on any atom is 0.506 e. The van der Waals surface area contributed by atoms with Crippen LogP contribution in [-0.4, -0.2) is 85.8 Å². The van der Waals surface area contributed by atoms with Crippen molar-refractivity contribution < 1.29 is 48.2 Å². The van der Waals surface area contributed by atoms with Crippen LogP contribution in [0.5, 0.6) is 0 Å². The number of esters is 2. The summed E-state index contributed by atoms with van der Waals surface area (Å²) in [6, 6.07) is 18.2. The van der Waals surface area contributed by atoms with Gasteiger partial charge < -0.3 is 39.0 Å². The number of ether oxygens (including phenoxy) is 4. The second-order valence-corrected chi connectivity index (χ2v) is 19.6. The van der Waals surface area contributed by atoms with E-state index in [-0.39, 0.29) is 17.5 Å². The lowest BCUT2D eigenvalue weighted by Gasteiger charge is -2.24. The fourth-order valence-electron chi connectivity index (χ4n) is 8.84. The molecule has 4 aromatic heterocycles. The zero-order chi connectivity index (χ0) is 47.9. The van der Waals surface area contributed by atoms with Gasteiger partial charge in [0.15, 0.2) is 0 Å². The number of hydrogen-bond donors (Lipinski definition) is 4. The predicted molar refractivity (Wildman–Crippen MR) is 260 cm³/mol. The van der Waals surface area contributed by atoms with Crippen molar-refractivity contribution in [1.29, 1.82) is 0 Å². The van der Waals surface area contributed by atoms with Crippen LogP contribution >= 0.6 is 15.9 Å². The molecule has 4 N–H and O–H groups in total. The van der Waals surface area contributed by atoms with Crippen molar-refractivity contribution in [2.24, 2.45) is 0 Å². The second kappa shape index (κ2) is 21.4. The fraction of sp³-hybridized carbons (Fsp3) is 0.440. The van der Waals surface area contributed by atoms with Crippen LogP contribution in [-0.2, 0) is 18.9 Å². The number of rotatable bonds is 6. The molecule has 0 amide bonds. The first-order chi connectivity index (χ1) is 31.3. The SMILES string of the molecule is CC(C)(C)OC(=O)n1cccc1B(O)O.COC(=O)c1ccc2c(C3CCCCC3)c(-c3cccn3C(=O)OC(C)(C)C)[nH]c2c1.COC(=O)c1ccc2c(C3CCCCC3)c(Br)[nH]c2c1. The van der Waals surface area contributed by atoms with E-state index in [2.05, 4.69) is 25.9 Å². The minimum absolute atomic E-state index is 0.0873. The molecule has 4 heterocycles. The smallest absolute Gasteiger partial charge is 0.465 e. The molecule has 0 spiro atoms. The van der Waals surface area contributed by atoms with E-state index in [0.717, 1.165) is 49.8 Å². The number of H-pyrrole nitrogens is 2. The summed E-state index contributed by atoms with van der Waals surface area (Å²) in [4.78, 5) is 54.9. The highest BCUT2D eigenvalue weighted by Crippen LogP contribution is 2.43. The van der Waals surface area contributed by atoms with E-state index in [1.165, 1.54) is 94.4 Å². The molecule has 0 unspecified atom stereocenters. The van der Waals surface area contributed by atoms with Crippen LogP contribution in [0.15, 0.2) is 77.7 Å². The van der Waals surface area contributed by atoms with Crippen LogP contribution in [0.2, 0.25) is 0 Å². The first-order valence-electron chi connectivity index (χ1n) is 22.6. The highest BCUT2D eigenvalue weighted by Gasteiger charge is 2.29. The molecule has 2 aromatic carbocycles. The van der Waals surface area contributed by atoms with E-state index in [9.17, 15) is 19.2 Å². The number of aromatic amines is 2. The van der Waals surface area contributed by atoms with Crippen LogP contribution in [0, 0.1) is 0 Å². The summed E-state index contributed by atoms with van der Waals surface area (Å²) in [6.45, 7) is 10.8. The van der Waals surface area contributed by atoms with E-state index in [1.54, 1.807) is 37.6 Å². The molecule has 2 aliphatic carbocycles. The van der Waals surface area contributed by atoms with Crippen LogP contribution in [0.3, 0.4) is 0 Å². The second-order valence-electron chi connectivity index (χ2n) is 18.8. The quantitative estimate of drug-likeness (QED) is 0.0711. The number of methoxy groups -OCH3 is 2. The van der Waals surface area contributed by atoms with Gasteiger partial charge in [0.25, 0.3) is 0 Å². The summed E-state index contributed by atoms with van der Waals surface area (Å²) < 4.78 is 24.0. The number of carbonyl (C=O) groups excluding carboxylic acids is 4. The van der Waals surface area contributed by atoms with Crippen molar-refractivity contribution >= 4 is 74.6 Å². The molecule has 14 nitrogen and oxygen atoms in total. The van der Waals surface area contributed by atoms with Gasteiger partial charge in [-0.05, 0) is 155 Å². The summed E-state index contributed by atoms with van der Waals surface area (Å²) in [6.07, 6.45) is 14.5. The van der Waals surface area contributed by atoms with Gasteiger partial charge in [-0.15, -0.1) is 0 Å². The maximum atomic E-state index is 12.9. The van der Waals surface area contributed by atoms with Gasteiger partial charge in [-0.2, -0.15) is 0 Å². The van der Waals surface area contributed by atoms with Crippen LogP contribution in [0.25, 0.3) is 33.2 Å². The van der Waals surface area contributed by atoms with Crippen molar-refractivity contribution in [1.82, 2.24) is 19.1 Å². The number of fused-ring (bicyclic) bond motifs is 2. The highest BCUT2D eigenvalue weighted by atomic mass is 79.9. The lowest BCUT2D eigenvalue weighted by atomic mass is 9.82. The molecule has 0 aliphatic heterocycles. The van der Waals surface area contributed by atoms with Crippen molar-refractivity contribution in [3.8, 4) is 11.4 Å². The van der Waals surface area contributed by atoms with E-state index in [4.69, 9.17) is 29.0 Å². The maximum absolute atomic E-state index is 12.9. The van der Waals surface area contributed by atoms with Gasteiger partial charge in [-0.25, -0.2) is 19.2 Å². The van der Waals surface area contributed by atoms with E-state index < -0.39 is 30.5 Å². The van der Waals surface area contributed by atoms with Gasteiger partial charge in [0.2, 0.25) is 0 Å². The Labute approximate surface area is 394 Å². The standard InChI is InChI=1S/C25H30N2O4.C16H18BrNO2.C9H14BNO4/c1-25(2,3)31-24(29)27-14-8-11-20(27)22-21(16-9-6-5-7-10-16)18-13-12-17(23(28)30-4)15-19(18)26-22;1-20-16(19)11-7-8-12-13(9-11)18-15(17)14(12)10-5-3-2-4-6-10;1-9(2,3)15-8(12)11-6-4-5-7(11)10(13)14/h8,11-16,26H,5-7,9-10H2,1-4H3;7-10,18H,2-6H2,1H3;4-6,13-14H,1-3H3. The molecule has 6 aromatic rings. The minimum atomic E-state index is -1.69. The average molecular weight is 970 g/mol. The fourth-order valence-corrected chi connectivity index (χ4v) is 9.59. The van der Waals surface area contributed by atoms with Crippen LogP contribution in [0.4, 0.5) is 9.59 Å². The van der Waals surface area contributed by atoms with Crippen molar-refractivity contribution in [3.05, 3.63) is 99.9 Å². The molecule has 66 heavy (non-hydrogen) atoms. The zero-order valence-corrected chi connectivity index (χ0v) is 40.8. The Bertz CT molecular complexity index is 2650. The molecule has 16 heteroatoms. The van der Waals surface area contributed by atoms with Gasteiger partial charge in [0.05, 0.1) is 46.9 Å². The Morgan fingerprint density at radius 2 is 1.09 bits per heavy atom. The molecular weight excluding hydrogens is 907 g/mol. The minimum Gasteiger partial charge on any atom is -0.465 e. The van der Waals surface area contributed by atoms with E-state index >= 15 is 0 Å². The first-order valence-corrected chi connectivity index (χ1v) is 23.4. The average Bonchev–Trinajstić information content (AvgIpc) is 4.10. The largest absolute Gasteiger partial charge is 0.506 e. The summed E-state index contributed by atoms with van der Waals surface area (Å²) in [5.41, 5.74) is 6.13. The number of nitrogens with one attached hydrogen (secondary N) is 2. The number of aromatic nitrogens is 4. The molecule has 0 atom stereocenters. The molecule has 352 valence electrons. The number of carbonyl (C=O) groups is 4. The van der Waals surface area contributed by atoms with E-state index in [0.29, 0.717) is 23.0 Å². The molecule has 0 saturated heterocycles. The van der Waals surface area contributed by atoms with Crippen molar-refractivity contribution in [3.63, 3.8) is 0 Å². The van der Waals surface area contributed by atoms with Gasteiger partial charge in [-0.3, -0.25) is 9.13 Å². The highest BCUT2D eigenvalue weighted by molar-refractivity contribution is 9.10. The molecule has 0 bridgehead atoms. The van der Waals surface area contributed by atoms with Gasteiger partial charge in [0, 0.05) is 34.2 Å². The summed E-state index contributed by atoms with van der Waals surface area (Å²) in [7, 11) is 1.10. The number of nitrogens with zero attached hydrogens (tertiary/aromatic N) is 2. The molecule has 0 radical (unpaired) electrons. The zero-order valence-electron chi connectivity index (χ0n) is 39.2. The van der Waals surface area contributed by atoms with Crippen molar-refractivity contribution in [2.45, 2.75) is 129 Å². The Kier molecular flexibility index (Phi) is 16.1. The van der Waals surface area contributed by atoms with Gasteiger partial charge in [-0.1, -0.05) is 50.7 Å². The lowest BCUT2D eigenvalue weighted by Crippen LogP contribution is -2.40. The molecule has 2 saturated carbocycles. The van der Waals surface area contributed by atoms with Crippen LogP contribution < -0.4 is 5.59 Å². The lowest BCUT2D eigenvalue weighted by molar-refractivity contribution is 0.0529. The number of benzene rings is 2. The Morgan fingerprint density at radius 1 is 0.636 bits per heavy atom. The third-order valence-electron chi connectivity index (χ3n) is 11.7. The molecule has 2 aliphatic rings. The monoisotopic (exact) mass is 968 g/mol. The summed E-state index contributed by atoms with van der Waals surface area (Å²) in [5.74, 6) is 0.366. The van der Waals surface area contributed by atoms with Crippen molar-refractivity contribution in [2.75, 3.05) is 14.2 Å². The Balaban J connectivity index is 0.000000177. The Morgan fingerprint density at radius 3 is 1.59 bits per heavy atom. The van der Waals surface area contributed by atoms with Gasteiger partial charge in [0.1, 0.15) is 11.2 Å². The normalized spacial score (nSPS) is 14.7. The molecular formula is C50H62BBrN4O10. The Hall–Kier alpha value is -5.58. The topological polar surface area (TPSA) is 187 Å². The van der Waals surface area contributed by atoms with E-state index in [1.807, 2.05) is 69.3 Å². The third-order valence-corrected chi connectivity index (χ3v) is 12.4. The van der Waals surface area contributed by atoms with Crippen LogP contribution in [0.1, 0.15) is 149 Å². The number of halogens is 1. The number of hydrogen-bond acceptors (Lipinski definition) is 10. The molecule has 2 fully saturated rings. The first kappa shape index (κ1) is 49.9.